The molecule has 1 aliphatic rings. The molecule has 0 aliphatic carbocycles. The maximum Gasteiger partial charge on any atom is 0.410 e. The minimum Gasteiger partial charge on any atom is -0.447 e. The fourth-order valence-corrected chi connectivity index (χ4v) is 3.92. The third-order valence-corrected chi connectivity index (χ3v) is 5.23. The maximum atomic E-state index is 12.5. The minimum atomic E-state index is -0.309. The van der Waals surface area contributed by atoms with E-state index in [4.69, 9.17) is 4.74 Å². The highest BCUT2D eigenvalue weighted by atomic mass is 79.9. The second-order valence-electron chi connectivity index (χ2n) is 6.16. The molecule has 1 saturated heterocycles. The number of pyridine rings is 1. The first kappa shape index (κ1) is 18.1. The summed E-state index contributed by atoms with van der Waals surface area (Å²) in [6, 6.07) is 3.68. The monoisotopic (exact) mass is 426 g/mol. The molecular weight excluding hydrogens is 408 g/mol. The lowest BCUT2D eigenvalue weighted by molar-refractivity contribution is -0.121. The summed E-state index contributed by atoms with van der Waals surface area (Å²) in [6.45, 7) is 4.70. The van der Waals surface area contributed by atoms with Gasteiger partial charge in [-0.05, 0) is 54.8 Å². The standard InChI is InChI=1S/C16H19BrN4O3S/c1-9(2)24-16(23)21-7-5-10(6-8-21)13(22)20-15-18-11-3-4-12(17)19-14(11)25-15/h3-4,9-10H,5-8H2,1-2H3,(H,18,20,22). The summed E-state index contributed by atoms with van der Waals surface area (Å²) < 4.78 is 5.93. The number of carbonyl (C=O) groups is 2. The first-order chi connectivity index (χ1) is 11.9. The number of halogens is 1. The first-order valence-electron chi connectivity index (χ1n) is 8.12. The Bertz CT molecular complexity index is 787. The Hall–Kier alpha value is -1.74. The molecule has 2 amide bonds. The van der Waals surface area contributed by atoms with Crippen LogP contribution in [0.4, 0.5) is 9.93 Å². The zero-order chi connectivity index (χ0) is 18.0. The summed E-state index contributed by atoms with van der Waals surface area (Å²) in [6.07, 6.45) is 0.791. The summed E-state index contributed by atoms with van der Waals surface area (Å²) in [5.74, 6) is -0.190. The second-order valence-corrected chi connectivity index (χ2v) is 7.95. The smallest absolute Gasteiger partial charge is 0.410 e. The molecular formula is C16H19BrN4O3S. The van der Waals surface area contributed by atoms with Crippen molar-refractivity contribution in [3.63, 3.8) is 0 Å². The summed E-state index contributed by atoms with van der Waals surface area (Å²) in [5.41, 5.74) is 0.759. The number of nitrogens with one attached hydrogen (secondary N) is 1. The van der Waals surface area contributed by atoms with E-state index in [1.54, 1.807) is 4.90 Å². The second kappa shape index (κ2) is 7.65. The van der Waals surface area contributed by atoms with E-state index in [2.05, 4.69) is 31.2 Å². The van der Waals surface area contributed by atoms with Crippen LogP contribution in [-0.4, -0.2) is 46.1 Å². The number of nitrogens with zero attached hydrogens (tertiary/aromatic N) is 3. The average molecular weight is 427 g/mol. The first-order valence-corrected chi connectivity index (χ1v) is 9.73. The van der Waals surface area contributed by atoms with Gasteiger partial charge in [0.15, 0.2) is 5.13 Å². The minimum absolute atomic E-state index is 0.0602. The summed E-state index contributed by atoms with van der Waals surface area (Å²) in [7, 11) is 0. The highest BCUT2D eigenvalue weighted by molar-refractivity contribution is 9.10. The molecule has 3 rings (SSSR count). The van der Waals surface area contributed by atoms with Crippen molar-refractivity contribution in [3.05, 3.63) is 16.7 Å². The van der Waals surface area contributed by atoms with Gasteiger partial charge in [-0.15, -0.1) is 0 Å². The third kappa shape index (κ3) is 4.46. The van der Waals surface area contributed by atoms with E-state index in [0.29, 0.717) is 31.1 Å². The zero-order valence-corrected chi connectivity index (χ0v) is 16.4. The number of rotatable bonds is 3. The number of likely N-dealkylation sites (tertiary alicyclic amines) is 1. The normalized spacial score (nSPS) is 15.6. The highest BCUT2D eigenvalue weighted by Gasteiger charge is 2.28. The fourth-order valence-electron chi connectivity index (χ4n) is 2.66. The highest BCUT2D eigenvalue weighted by Crippen LogP contribution is 2.27. The Labute approximate surface area is 157 Å². The molecule has 1 N–H and O–H groups in total. The van der Waals surface area contributed by atoms with Gasteiger partial charge in [-0.1, -0.05) is 11.3 Å². The molecule has 7 nitrogen and oxygen atoms in total. The van der Waals surface area contributed by atoms with Gasteiger partial charge in [-0.3, -0.25) is 4.79 Å². The lowest BCUT2D eigenvalue weighted by Gasteiger charge is -2.30. The predicted molar refractivity (Wildman–Crippen MR) is 99.7 cm³/mol. The van der Waals surface area contributed by atoms with Gasteiger partial charge in [0.25, 0.3) is 0 Å². The number of hydrogen-bond acceptors (Lipinski definition) is 6. The quantitative estimate of drug-likeness (QED) is 0.756. The SMILES string of the molecule is CC(C)OC(=O)N1CCC(C(=O)Nc2nc3ccc(Br)nc3s2)CC1. The van der Waals surface area contributed by atoms with E-state index in [1.807, 2.05) is 26.0 Å². The number of thiazole rings is 1. The summed E-state index contributed by atoms with van der Waals surface area (Å²) >= 11 is 4.67. The number of ether oxygens (including phenoxy) is 1. The van der Waals surface area contributed by atoms with Crippen molar-refractivity contribution in [2.75, 3.05) is 18.4 Å². The van der Waals surface area contributed by atoms with Crippen LogP contribution >= 0.6 is 27.3 Å². The van der Waals surface area contributed by atoms with Crippen LogP contribution in [0.15, 0.2) is 16.7 Å². The number of aromatic nitrogens is 2. The molecule has 0 aromatic carbocycles. The Morgan fingerprint density at radius 1 is 1.32 bits per heavy atom. The van der Waals surface area contributed by atoms with Gasteiger partial charge in [0.2, 0.25) is 5.91 Å². The van der Waals surface area contributed by atoms with Gasteiger partial charge in [0, 0.05) is 19.0 Å². The molecule has 3 heterocycles. The maximum absolute atomic E-state index is 12.5. The summed E-state index contributed by atoms with van der Waals surface area (Å²) in [5, 5.41) is 3.42. The Morgan fingerprint density at radius 2 is 2.04 bits per heavy atom. The largest absolute Gasteiger partial charge is 0.447 e. The van der Waals surface area contributed by atoms with Gasteiger partial charge in [0.05, 0.1) is 6.10 Å². The van der Waals surface area contributed by atoms with E-state index in [9.17, 15) is 9.59 Å². The third-order valence-electron chi connectivity index (χ3n) is 3.91. The predicted octanol–water partition coefficient (Wildman–Crippen LogP) is 3.65. The number of hydrogen-bond donors (Lipinski definition) is 1. The Morgan fingerprint density at radius 3 is 2.72 bits per heavy atom. The van der Waals surface area contributed by atoms with Crippen LogP contribution in [-0.2, 0) is 9.53 Å². The number of anilines is 1. The molecule has 1 fully saturated rings. The van der Waals surface area contributed by atoms with Crippen LogP contribution in [0.1, 0.15) is 26.7 Å². The lowest BCUT2D eigenvalue weighted by Crippen LogP contribution is -2.42. The van der Waals surface area contributed by atoms with Gasteiger partial charge in [0.1, 0.15) is 15.0 Å². The average Bonchev–Trinajstić information content (AvgIpc) is 2.95. The molecule has 0 saturated carbocycles. The number of fused-ring (bicyclic) bond motifs is 1. The molecule has 2 aromatic rings. The molecule has 1 aliphatic heterocycles. The molecule has 134 valence electrons. The molecule has 0 radical (unpaired) electrons. The molecule has 2 aromatic heterocycles. The van der Waals surface area contributed by atoms with Gasteiger partial charge < -0.3 is 15.0 Å². The van der Waals surface area contributed by atoms with Gasteiger partial charge in [-0.2, -0.15) is 0 Å². The van der Waals surface area contributed by atoms with Crippen molar-refractivity contribution in [2.45, 2.75) is 32.8 Å². The lowest BCUT2D eigenvalue weighted by atomic mass is 9.96. The van der Waals surface area contributed by atoms with Crippen molar-refractivity contribution in [1.82, 2.24) is 14.9 Å². The van der Waals surface area contributed by atoms with Gasteiger partial charge in [-0.25, -0.2) is 14.8 Å². The van der Waals surface area contributed by atoms with Gasteiger partial charge >= 0.3 is 6.09 Å². The van der Waals surface area contributed by atoms with Crippen LogP contribution in [0.2, 0.25) is 0 Å². The Kier molecular flexibility index (Phi) is 5.53. The van der Waals surface area contributed by atoms with Crippen molar-refractivity contribution in [3.8, 4) is 0 Å². The molecule has 0 bridgehead atoms. The molecule has 0 spiro atoms. The van der Waals surface area contributed by atoms with E-state index >= 15 is 0 Å². The van der Waals surface area contributed by atoms with E-state index in [0.717, 1.165) is 15.0 Å². The van der Waals surface area contributed by atoms with Crippen LogP contribution in [0.3, 0.4) is 0 Å². The Balaban J connectivity index is 1.56. The zero-order valence-electron chi connectivity index (χ0n) is 14.0. The molecule has 0 atom stereocenters. The number of piperidine rings is 1. The van der Waals surface area contributed by atoms with Crippen LogP contribution in [0, 0.1) is 5.92 Å². The molecule has 25 heavy (non-hydrogen) atoms. The summed E-state index contributed by atoms with van der Waals surface area (Å²) in [4.78, 5) is 35.5. The van der Waals surface area contributed by atoms with E-state index in [-0.39, 0.29) is 24.0 Å². The van der Waals surface area contributed by atoms with Crippen LogP contribution in [0.25, 0.3) is 10.3 Å². The van der Waals surface area contributed by atoms with Crippen LogP contribution in [0.5, 0.6) is 0 Å². The number of carbonyl (C=O) groups excluding carboxylic acids is 2. The number of amides is 2. The van der Waals surface area contributed by atoms with E-state index < -0.39 is 0 Å². The molecule has 0 unspecified atom stereocenters. The fraction of sp³-hybridized carbons (Fsp3) is 0.500. The van der Waals surface area contributed by atoms with Crippen molar-refractivity contribution >= 4 is 54.7 Å². The van der Waals surface area contributed by atoms with Crippen molar-refractivity contribution < 1.29 is 14.3 Å². The van der Waals surface area contributed by atoms with E-state index in [1.165, 1.54) is 11.3 Å². The van der Waals surface area contributed by atoms with Crippen LogP contribution < -0.4 is 5.32 Å². The van der Waals surface area contributed by atoms with Crippen molar-refractivity contribution in [1.29, 1.82) is 0 Å². The van der Waals surface area contributed by atoms with Crippen molar-refractivity contribution in [2.24, 2.45) is 5.92 Å². The molecule has 9 heteroatoms. The topological polar surface area (TPSA) is 84.4 Å².